The number of phenols is 1. The van der Waals surface area contributed by atoms with Crippen molar-refractivity contribution in [2.24, 2.45) is 0 Å². The van der Waals surface area contributed by atoms with E-state index in [1.165, 1.54) is 37.8 Å². The zero-order chi connectivity index (χ0) is 38.0. The molecule has 0 radical (unpaired) electrons. The Morgan fingerprint density at radius 3 is 1.45 bits per heavy atom. The molecule has 2 N–H and O–H groups in total. The van der Waals surface area contributed by atoms with E-state index in [4.69, 9.17) is 9.47 Å². The van der Waals surface area contributed by atoms with Gasteiger partial charge in [-0.1, -0.05) is 120 Å². The molecule has 0 amide bonds. The van der Waals surface area contributed by atoms with Crippen LogP contribution in [0.3, 0.4) is 0 Å². The van der Waals surface area contributed by atoms with E-state index in [1.54, 1.807) is 36.4 Å². The second kappa shape index (κ2) is 23.8. The van der Waals surface area contributed by atoms with Crippen molar-refractivity contribution in [3.63, 3.8) is 0 Å². The first-order chi connectivity index (χ1) is 24.8. The maximum absolute atomic E-state index is 12.4. The molecule has 0 saturated carbocycles. The molecule has 0 fully saturated rings. The van der Waals surface area contributed by atoms with Gasteiger partial charge in [-0.2, -0.15) is 8.42 Å². The van der Waals surface area contributed by atoms with Crippen molar-refractivity contribution in [2.75, 3.05) is 0 Å². The molecule has 0 bridgehead atoms. The Morgan fingerprint density at radius 1 is 0.585 bits per heavy atom. The van der Waals surface area contributed by atoms with E-state index in [-0.39, 0.29) is 59.9 Å². The van der Waals surface area contributed by atoms with Crippen molar-refractivity contribution >= 4 is 58.0 Å². The molecule has 284 valence electrons. The third kappa shape index (κ3) is 16.6. The molecule has 0 atom stereocenters. The molecule has 0 aliphatic carbocycles. The second-order valence-corrected chi connectivity index (χ2v) is 15.4. The molecule has 4 aromatic carbocycles. The van der Waals surface area contributed by atoms with Crippen molar-refractivity contribution in [2.45, 2.75) is 114 Å². The van der Waals surface area contributed by atoms with E-state index in [9.17, 15) is 36.2 Å². The second-order valence-electron chi connectivity index (χ2n) is 12.6. The number of aryl methyl sites for hydroxylation is 2. The number of aromatic hydroxyl groups is 1. The van der Waals surface area contributed by atoms with Crippen LogP contribution in [-0.4, -0.2) is 68.8 Å². The van der Waals surface area contributed by atoms with E-state index in [0.29, 0.717) is 35.5 Å². The average Bonchev–Trinajstić information content (AvgIpc) is 3.10. The Balaban J connectivity index is 0.000000360. The molecule has 0 spiro atoms. The number of para-hydroxylation sites is 2. The van der Waals surface area contributed by atoms with Crippen LogP contribution in [-0.2, 0) is 33.1 Å². The minimum Gasteiger partial charge on any atom is -0.870 e. The Kier molecular flexibility index (Phi) is 20.8. The predicted molar refractivity (Wildman–Crippen MR) is 205 cm³/mol. The molecule has 0 saturated heterocycles. The quantitative estimate of drug-likeness (QED) is 0.0499. The summed E-state index contributed by atoms with van der Waals surface area (Å²) in [5.41, 5.74) is 1.03. The topological polar surface area (TPSA) is 173 Å². The van der Waals surface area contributed by atoms with Crippen LogP contribution < -0.4 is 14.6 Å². The summed E-state index contributed by atoms with van der Waals surface area (Å²) in [5, 5.41) is 22.6. The number of ether oxygens (including phenoxy) is 2. The van der Waals surface area contributed by atoms with E-state index in [2.05, 4.69) is 13.8 Å². The number of rotatable bonds is 20. The zero-order valence-corrected chi connectivity index (χ0v) is 34.5. The van der Waals surface area contributed by atoms with Crippen LogP contribution >= 0.6 is 0 Å². The van der Waals surface area contributed by atoms with Crippen molar-refractivity contribution in [3.8, 4) is 34.5 Å². The van der Waals surface area contributed by atoms with Crippen LogP contribution in [0.25, 0.3) is 0 Å². The van der Waals surface area contributed by atoms with Gasteiger partial charge in [-0.3, -0.25) is 4.55 Å². The van der Waals surface area contributed by atoms with Gasteiger partial charge in [-0.15, -0.1) is 0 Å². The fourth-order valence-electron chi connectivity index (χ4n) is 5.58. The van der Waals surface area contributed by atoms with Gasteiger partial charge < -0.3 is 24.2 Å². The standard InChI is InChI=1S/2C20H26O5S.Ca/c2*1-2-3-4-5-6-8-11-16-14-18(26(22,23)24)15-19(21)20(16)25-17-12-9-7-10-13-17;/h2*7,9-10,12-15,21H,2-6,8,11H2,1H3,(H,22,23,24);/q;;+2/p-2. The molecular formula is C40H50CaO10S2. The van der Waals surface area contributed by atoms with E-state index in [0.717, 1.165) is 63.5 Å². The first-order valence-corrected chi connectivity index (χ1v) is 20.8. The minimum absolute atomic E-state index is 0. The summed E-state index contributed by atoms with van der Waals surface area (Å²) in [5.74, 6) is 0.476. The number of unbranched alkanes of at least 4 members (excludes halogenated alkanes) is 10. The SMILES string of the molecule is CCCCCCCCc1cc(S(=O)(=O)O)cc(O)c1Oc1ccccc1.CCCCCCCCc1cc(S(=O)(=O)[O-])cc([O-])c1Oc1ccccc1.[Ca+2]. The normalized spacial score (nSPS) is 11.2. The molecule has 13 heteroatoms. The number of hydrogen-bond donors (Lipinski definition) is 2. The van der Waals surface area contributed by atoms with E-state index in [1.807, 2.05) is 24.3 Å². The fraction of sp³-hybridized carbons (Fsp3) is 0.400. The van der Waals surface area contributed by atoms with Crippen molar-refractivity contribution < 1.29 is 45.6 Å². The fourth-order valence-corrected chi connectivity index (χ4v) is 6.67. The van der Waals surface area contributed by atoms with Gasteiger partial charge >= 0.3 is 37.7 Å². The van der Waals surface area contributed by atoms with Crippen LogP contribution in [0.5, 0.6) is 34.5 Å². The van der Waals surface area contributed by atoms with Crippen molar-refractivity contribution in [3.05, 3.63) is 96.1 Å². The molecular weight excluding hydrogens is 745 g/mol. The van der Waals surface area contributed by atoms with Gasteiger partial charge in [0.1, 0.15) is 27.4 Å². The van der Waals surface area contributed by atoms with Crippen LogP contribution in [0.4, 0.5) is 0 Å². The third-order valence-electron chi connectivity index (χ3n) is 8.34. The molecule has 0 heterocycles. The van der Waals surface area contributed by atoms with Gasteiger partial charge in [0.25, 0.3) is 10.1 Å². The zero-order valence-electron chi connectivity index (χ0n) is 30.7. The number of hydrogen-bond acceptors (Lipinski definition) is 9. The minimum atomic E-state index is -4.69. The first-order valence-electron chi connectivity index (χ1n) is 17.9. The third-order valence-corrected chi connectivity index (χ3v) is 9.98. The van der Waals surface area contributed by atoms with Gasteiger partial charge in [0.05, 0.1) is 9.79 Å². The van der Waals surface area contributed by atoms with E-state index < -0.39 is 30.9 Å². The van der Waals surface area contributed by atoms with Gasteiger partial charge in [-0.05, 0) is 73.7 Å². The largest absolute Gasteiger partial charge is 2.00 e. The summed E-state index contributed by atoms with van der Waals surface area (Å²) in [7, 11) is -9.08. The Morgan fingerprint density at radius 2 is 1.00 bits per heavy atom. The maximum Gasteiger partial charge on any atom is 2.00 e. The van der Waals surface area contributed by atoms with Gasteiger partial charge in [0.15, 0.2) is 11.5 Å². The first kappa shape index (κ1) is 46.3. The Hall–Kier alpha value is -2.84. The monoisotopic (exact) mass is 794 g/mol. The van der Waals surface area contributed by atoms with Crippen LogP contribution in [0, 0.1) is 0 Å². The van der Waals surface area contributed by atoms with Gasteiger partial charge in [-0.25, -0.2) is 8.42 Å². The Bertz CT molecular complexity index is 1750. The molecule has 53 heavy (non-hydrogen) atoms. The molecule has 0 aliphatic rings. The molecule has 4 rings (SSSR count). The summed E-state index contributed by atoms with van der Waals surface area (Å²) < 4.78 is 77.7. The van der Waals surface area contributed by atoms with Crippen LogP contribution in [0.1, 0.15) is 102 Å². The molecule has 0 aromatic heterocycles. The maximum atomic E-state index is 12.4. The predicted octanol–water partition coefficient (Wildman–Crippen LogP) is 9.31. The van der Waals surface area contributed by atoms with E-state index >= 15 is 0 Å². The number of phenolic OH excluding ortho intramolecular Hbond substituents is 1. The summed E-state index contributed by atoms with van der Waals surface area (Å²) in [6.07, 6.45) is 14.0. The molecule has 10 nitrogen and oxygen atoms in total. The number of benzene rings is 4. The van der Waals surface area contributed by atoms with Crippen LogP contribution in [0.15, 0.2) is 94.7 Å². The van der Waals surface area contributed by atoms with Crippen molar-refractivity contribution in [1.82, 2.24) is 0 Å². The summed E-state index contributed by atoms with van der Waals surface area (Å²) in [6, 6.07) is 22.3. The summed E-state index contributed by atoms with van der Waals surface area (Å²) in [4.78, 5) is -0.819. The van der Waals surface area contributed by atoms with Crippen LogP contribution in [0.2, 0.25) is 0 Å². The van der Waals surface area contributed by atoms with Gasteiger partial charge in [0.2, 0.25) is 0 Å². The molecule has 4 aromatic rings. The summed E-state index contributed by atoms with van der Waals surface area (Å²) >= 11 is 0. The average molecular weight is 795 g/mol. The van der Waals surface area contributed by atoms with Crippen molar-refractivity contribution in [1.29, 1.82) is 0 Å². The smallest absolute Gasteiger partial charge is 0.870 e. The molecule has 0 aliphatic heterocycles. The van der Waals surface area contributed by atoms with Gasteiger partial charge in [0, 0.05) is 11.6 Å². The Labute approximate surface area is 345 Å². The summed E-state index contributed by atoms with van der Waals surface area (Å²) in [6.45, 7) is 4.31. The molecule has 0 unspecified atom stereocenters.